The van der Waals surface area contributed by atoms with E-state index in [0.717, 1.165) is 0 Å². The van der Waals surface area contributed by atoms with E-state index in [0.29, 0.717) is 25.9 Å². The number of carbonyl (C=O) groups excluding carboxylic acids is 2. The van der Waals surface area contributed by atoms with Crippen molar-refractivity contribution in [2.45, 2.75) is 19.8 Å². The van der Waals surface area contributed by atoms with E-state index in [1.54, 1.807) is 30.3 Å². The normalized spacial score (nSPS) is 14.5. The number of likely N-dealkylation sites (tertiary alicyclic amines) is 1. The monoisotopic (exact) mass is 443 g/mol. The third kappa shape index (κ3) is 4.27. The summed E-state index contributed by atoms with van der Waals surface area (Å²) in [6.07, 6.45) is 4.05. The summed E-state index contributed by atoms with van der Waals surface area (Å²) in [5, 5.41) is 6.72. The molecule has 1 aromatic carbocycles. The van der Waals surface area contributed by atoms with Crippen LogP contribution in [0.15, 0.2) is 41.2 Å². The van der Waals surface area contributed by atoms with E-state index in [4.69, 9.17) is 16.1 Å². The number of aryl methyl sites for hydroxylation is 1. The summed E-state index contributed by atoms with van der Waals surface area (Å²) < 4.78 is 19.6. The first-order valence-electron chi connectivity index (χ1n) is 9.73. The van der Waals surface area contributed by atoms with Crippen molar-refractivity contribution >= 4 is 29.4 Å². The molecule has 1 saturated heterocycles. The predicted molar refractivity (Wildman–Crippen MR) is 111 cm³/mol. The summed E-state index contributed by atoms with van der Waals surface area (Å²) >= 11 is 6.15. The Morgan fingerprint density at radius 2 is 1.90 bits per heavy atom. The van der Waals surface area contributed by atoms with E-state index in [2.05, 4.69) is 20.4 Å². The van der Waals surface area contributed by atoms with Gasteiger partial charge in [0, 0.05) is 31.4 Å². The molecule has 31 heavy (non-hydrogen) atoms. The molecule has 0 spiro atoms. The largest absolute Gasteiger partial charge is 0.360 e. The van der Waals surface area contributed by atoms with Gasteiger partial charge in [0.1, 0.15) is 22.8 Å². The highest BCUT2D eigenvalue weighted by Crippen LogP contribution is 2.34. The van der Waals surface area contributed by atoms with Crippen LogP contribution in [0, 0.1) is 18.7 Å². The maximum absolute atomic E-state index is 14.4. The number of piperidine rings is 1. The van der Waals surface area contributed by atoms with Gasteiger partial charge >= 0.3 is 0 Å². The van der Waals surface area contributed by atoms with Crippen molar-refractivity contribution in [2.75, 3.05) is 18.4 Å². The molecule has 4 rings (SSSR count). The van der Waals surface area contributed by atoms with E-state index >= 15 is 0 Å². The van der Waals surface area contributed by atoms with Gasteiger partial charge in [-0.25, -0.2) is 14.4 Å². The Morgan fingerprint density at radius 1 is 1.19 bits per heavy atom. The number of benzene rings is 1. The smallest absolute Gasteiger partial charge is 0.259 e. The van der Waals surface area contributed by atoms with Crippen LogP contribution in [0.3, 0.4) is 0 Å². The average molecular weight is 444 g/mol. The molecule has 2 aromatic heterocycles. The number of hydrogen-bond acceptors (Lipinski definition) is 6. The van der Waals surface area contributed by atoms with Crippen LogP contribution in [0.4, 0.5) is 10.3 Å². The average Bonchev–Trinajstić information content (AvgIpc) is 3.15. The van der Waals surface area contributed by atoms with Crippen LogP contribution >= 0.6 is 11.6 Å². The van der Waals surface area contributed by atoms with Crippen LogP contribution in [-0.2, 0) is 4.79 Å². The summed E-state index contributed by atoms with van der Waals surface area (Å²) in [6, 6.07) is 5.92. The number of nitrogens with zero attached hydrogens (tertiary/aromatic N) is 4. The van der Waals surface area contributed by atoms with E-state index in [1.807, 2.05) is 0 Å². The molecule has 3 heterocycles. The standard InChI is InChI=1S/C21H19ClFN5O3/c1-12-16(18(27-31-12)17-14(22)4-2-5-15(17)23)20(30)28-10-6-13(7-11-28)19(29)26-21-24-8-3-9-25-21/h2-5,8-9,13H,6-7,10-11H2,1H3,(H,24,25,26,29). The number of amides is 2. The second kappa shape index (κ2) is 8.81. The Labute approximate surface area is 182 Å². The molecule has 0 aliphatic carbocycles. The van der Waals surface area contributed by atoms with Crippen LogP contribution in [-0.4, -0.2) is 44.9 Å². The van der Waals surface area contributed by atoms with Gasteiger partial charge < -0.3 is 9.42 Å². The fraction of sp³-hybridized carbons (Fsp3) is 0.286. The van der Waals surface area contributed by atoms with E-state index < -0.39 is 5.82 Å². The predicted octanol–water partition coefficient (Wildman–Crippen LogP) is 3.72. The molecule has 0 bridgehead atoms. The zero-order valence-electron chi connectivity index (χ0n) is 16.6. The molecule has 0 radical (unpaired) electrons. The number of carbonyl (C=O) groups is 2. The van der Waals surface area contributed by atoms with Crippen LogP contribution in [0.5, 0.6) is 0 Å². The number of hydrogen-bond donors (Lipinski definition) is 1. The molecule has 0 saturated carbocycles. The molecule has 1 N–H and O–H groups in total. The molecule has 2 amide bonds. The Bertz CT molecular complexity index is 1090. The molecule has 1 aliphatic heterocycles. The van der Waals surface area contributed by atoms with Crippen molar-refractivity contribution in [2.24, 2.45) is 5.92 Å². The topological polar surface area (TPSA) is 101 Å². The Hall–Kier alpha value is -3.33. The van der Waals surface area contributed by atoms with Gasteiger partial charge in [-0.1, -0.05) is 22.8 Å². The summed E-state index contributed by atoms with van der Waals surface area (Å²) in [4.78, 5) is 35.3. The van der Waals surface area contributed by atoms with Crippen molar-refractivity contribution in [3.63, 3.8) is 0 Å². The molecule has 10 heteroatoms. The summed E-state index contributed by atoms with van der Waals surface area (Å²) in [5.74, 6) is -0.847. The van der Waals surface area contributed by atoms with E-state index in [9.17, 15) is 14.0 Å². The minimum atomic E-state index is -0.589. The summed E-state index contributed by atoms with van der Waals surface area (Å²) in [7, 11) is 0. The minimum absolute atomic E-state index is 0.0292. The van der Waals surface area contributed by atoms with Gasteiger partial charge in [-0.05, 0) is 38.0 Å². The van der Waals surface area contributed by atoms with Gasteiger partial charge in [0.05, 0.1) is 10.6 Å². The molecule has 3 aromatic rings. The summed E-state index contributed by atoms with van der Waals surface area (Å²) in [5.41, 5.74) is 0.278. The number of aromatic nitrogens is 3. The molecule has 1 fully saturated rings. The fourth-order valence-corrected chi connectivity index (χ4v) is 3.85. The van der Waals surface area contributed by atoms with Gasteiger partial charge in [0.25, 0.3) is 5.91 Å². The third-order valence-corrected chi connectivity index (χ3v) is 5.54. The molecule has 0 atom stereocenters. The lowest BCUT2D eigenvalue weighted by Gasteiger charge is -2.31. The zero-order valence-corrected chi connectivity index (χ0v) is 17.4. The lowest BCUT2D eigenvalue weighted by molar-refractivity contribution is -0.121. The summed E-state index contributed by atoms with van der Waals surface area (Å²) in [6.45, 7) is 2.32. The number of anilines is 1. The first kappa shape index (κ1) is 20.9. The fourth-order valence-electron chi connectivity index (χ4n) is 3.60. The van der Waals surface area contributed by atoms with Crippen LogP contribution in [0.1, 0.15) is 29.0 Å². The molecule has 0 unspecified atom stereocenters. The quantitative estimate of drug-likeness (QED) is 0.659. The van der Waals surface area contributed by atoms with Crippen molar-refractivity contribution in [1.29, 1.82) is 0 Å². The molecular formula is C21H19ClFN5O3. The van der Waals surface area contributed by atoms with Gasteiger partial charge in [0.15, 0.2) is 0 Å². The maximum Gasteiger partial charge on any atom is 0.259 e. The van der Waals surface area contributed by atoms with Crippen molar-refractivity contribution in [1.82, 2.24) is 20.0 Å². The second-order valence-electron chi connectivity index (χ2n) is 7.19. The molecular weight excluding hydrogens is 425 g/mol. The van der Waals surface area contributed by atoms with Gasteiger partial charge in [0.2, 0.25) is 11.9 Å². The Morgan fingerprint density at radius 3 is 2.58 bits per heavy atom. The lowest BCUT2D eigenvalue weighted by Crippen LogP contribution is -2.41. The molecule has 1 aliphatic rings. The maximum atomic E-state index is 14.4. The van der Waals surface area contributed by atoms with Crippen LogP contribution in [0.2, 0.25) is 5.02 Å². The Kier molecular flexibility index (Phi) is 5.94. The zero-order chi connectivity index (χ0) is 22.0. The van der Waals surface area contributed by atoms with Crippen molar-refractivity contribution in [3.8, 4) is 11.3 Å². The minimum Gasteiger partial charge on any atom is -0.360 e. The van der Waals surface area contributed by atoms with E-state index in [-0.39, 0.29) is 51.3 Å². The van der Waals surface area contributed by atoms with Crippen molar-refractivity contribution < 1.29 is 18.5 Å². The number of rotatable bonds is 4. The number of halogens is 2. The van der Waals surface area contributed by atoms with Gasteiger partial charge in [-0.15, -0.1) is 0 Å². The molecule has 8 nitrogen and oxygen atoms in total. The first-order chi connectivity index (χ1) is 15.0. The highest BCUT2D eigenvalue weighted by atomic mass is 35.5. The first-order valence-corrected chi connectivity index (χ1v) is 10.1. The SMILES string of the molecule is Cc1onc(-c2c(F)cccc2Cl)c1C(=O)N1CCC(C(=O)Nc2ncccn2)CC1. The lowest BCUT2D eigenvalue weighted by atomic mass is 9.95. The molecule has 160 valence electrons. The second-order valence-corrected chi connectivity index (χ2v) is 7.59. The van der Waals surface area contributed by atoms with Crippen molar-refractivity contribution in [3.05, 3.63) is 58.8 Å². The highest BCUT2D eigenvalue weighted by molar-refractivity contribution is 6.33. The van der Waals surface area contributed by atoms with Gasteiger partial charge in [-0.2, -0.15) is 0 Å². The van der Waals surface area contributed by atoms with Crippen LogP contribution in [0.25, 0.3) is 11.3 Å². The third-order valence-electron chi connectivity index (χ3n) is 5.23. The van der Waals surface area contributed by atoms with Gasteiger partial charge in [-0.3, -0.25) is 14.9 Å². The Balaban J connectivity index is 1.47. The number of nitrogens with one attached hydrogen (secondary N) is 1. The highest BCUT2D eigenvalue weighted by Gasteiger charge is 2.32. The van der Waals surface area contributed by atoms with E-state index in [1.165, 1.54) is 18.2 Å². The van der Waals surface area contributed by atoms with Crippen LogP contribution < -0.4 is 5.32 Å².